The van der Waals surface area contributed by atoms with Crippen LogP contribution in [0, 0.1) is 19.8 Å². The second kappa shape index (κ2) is 18.3. The highest BCUT2D eigenvalue weighted by atomic mass is 35.5. The maximum atomic E-state index is 13.6. The molecule has 2 amide bonds. The fraction of sp³-hybridized carbons (Fsp3) is 0.667. The van der Waals surface area contributed by atoms with Crippen molar-refractivity contribution in [3.63, 3.8) is 0 Å². The zero-order valence-corrected chi connectivity index (χ0v) is 33.0. The summed E-state index contributed by atoms with van der Waals surface area (Å²) in [6.45, 7) is 14.1. The number of hydrogen-bond acceptors (Lipinski definition) is 7. The number of likely N-dealkylation sites (N-methyl/N-ethyl adjacent to an activating group) is 2. The number of benzene rings is 1. The van der Waals surface area contributed by atoms with E-state index < -0.39 is 21.6 Å². The van der Waals surface area contributed by atoms with Gasteiger partial charge >= 0.3 is 0 Å². The number of unbranched alkanes of at least 4 members (excludes halogenated alkanes) is 1. The van der Waals surface area contributed by atoms with Crippen LogP contribution in [-0.4, -0.2) is 114 Å². The molecule has 0 aliphatic carbocycles. The second-order valence-corrected chi connectivity index (χ2v) is 15.5. The lowest BCUT2D eigenvalue weighted by molar-refractivity contribution is -0.161. The third-order valence-electron chi connectivity index (χ3n) is 9.41. The van der Waals surface area contributed by atoms with Gasteiger partial charge in [-0.15, -0.1) is 37.2 Å². The van der Waals surface area contributed by atoms with E-state index in [-0.39, 0.29) is 53.9 Å². The Hall–Kier alpha value is -1.93. The van der Waals surface area contributed by atoms with Crippen LogP contribution in [0.3, 0.4) is 0 Å². The highest BCUT2D eigenvalue weighted by molar-refractivity contribution is 7.89. The summed E-state index contributed by atoms with van der Waals surface area (Å²) in [6.07, 6.45) is 3.72. The van der Waals surface area contributed by atoms with Crippen LogP contribution in [0.2, 0.25) is 0 Å². The molecule has 2 aliphatic rings. The Morgan fingerprint density at radius 3 is 2.15 bits per heavy atom. The minimum absolute atomic E-state index is 0. The molecule has 4 rings (SSSR count). The van der Waals surface area contributed by atoms with Crippen molar-refractivity contribution in [2.24, 2.45) is 5.92 Å². The fourth-order valence-corrected chi connectivity index (χ4v) is 7.67. The first-order chi connectivity index (χ1) is 21.2. The quantitative estimate of drug-likeness (QED) is 0.322. The highest BCUT2D eigenvalue weighted by Gasteiger charge is 2.53. The van der Waals surface area contributed by atoms with E-state index in [2.05, 4.69) is 31.0 Å². The Morgan fingerprint density at radius 2 is 1.60 bits per heavy atom. The van der Waals surface area contributed by atoms with Crippen molar-refractivity contribution in [1.82, 2.24) is 34.1 Å². The van der Waals surface area contributed by atoms with Crippen molar-refractivity contribution in [1.29, 1.82) is 0 Å². The summed E-state index contributed by atoms with van der Waals surface area (Å²) in [5, 5.41) is 7.91. The van der Waals surface area contributed by atoms with E-state index in [1.807, 2.05) is 42.4 Å². The standard InChI is InChI=1S/C33H53N7O4S.3ClH/c1-9-10-17-39-31(41)30(22-24(2)3)34-32(42)33(39)15-18-38(19-16-33)23-29-25(4)35-40(26(29)5)27-11-13-28(14-12-27)45(43,44)37(8)21-20-36(6)7;;;/h11-14,24,30H,9-10,15-23H2,1-8H3,(H,34,42);3*1H/t30-;;;/m0.../s1. The van der Waals surface area contributed by atoms with Crippen LogP contribution < -0.4 is 5.32 Å². The number of halogens is 3. The molecule has 1 aromatic carbocycles. The van der Waals surface area contributed by atoms with E-state index in [4.69, 9.17) is 5.10 Å². The lowest BCUT2D eigenvalue weighted by Crippen LogP contribution is -2.73. The van der Waals surface area contributed by atoms with Gasteiger partial charge in [0.25, 0.3) is 0 Å². The van der Waals surface area contributed by atoms with E-state index in [9.17, 15) is 18.0 Å². The Morgan fingerprint density at radius 1 is 1.00 bits per heavy atom. The lowest BCUT2D eigenvalue weighted by Gasteiger charge is -2.52. The van der Waals surface area contributed by atoms with Crippen molar-refractivity contribution < 1.29 is 18.0 Å². The molecule has 2 saturated heterocycles. The maximum Gasteiger partial charge on any atom is 0.246 e. The SMILES string of the molecule is CCCCN1C(=O)[C@H](CC(C)C)NC(=O)C12CCN(Cc1c(C)nn(-c3ccc(S(=O)(=O)N(C)CCN(C)C)cc3)c1C)CC2.Cl.Cl.Cl. The van der Waals surface area contributed by atoms with Crippen LogP contribution in [0.5, 0.6) is 0 Å². The predicted octanol–water partition coefficient (Wildman–Crippen LogP) is 4.44. The summed E-state index contributed by atoms with van der Waals surface area (Å²) in [5.74, 6) is 0.386. The number of hydrogen-bond donors (Lipinski definition) is 1. The summed E-state index contributed by atoms with van der Waals surface area (Å²) >= 11 is 0. The molecule has 48 heavy (non-hydrogen) atoms. The molecular formula is C33H56Cl3N7O4S. The molecule has 2 aromatic rings. The number of piperazine rings is 1. The van der Waals surface area contributed by atoms with Gasteiger partial charge in [-0.25, -0.2) is 13.1 Å². The van der Waals surface area contributed by atoms with Gasteiger partial charge in [0.2, 0.25) is 21.8 Å². The van der Waals surface area contributed by atoms with E-state index >= 15 is 0 Å². The summed E-state index contributed by atoms with van der Waals surface area (Å²) in [5.41, 5.74) is 3.05. The Balaban J connectivity index is 0.00000384. The number of nitrogens with zero attached hydrogens (tertiary/aromatic N) is 6. The average Bonchev–Trinajstić information content (AvgIpc) is 3.27. The number of likely N-dealkylation sites (tertiary alicyclic amines) is 1. The molecule has 0 saturated carbocycles. The first-order valence-electron chi connectivity index (χ1n) is 16.3. The maximum absolute atomic E-state index is 13.6. The van der Waals surface area contributed by atoms with Crippen LogP contribution in [0.4, 0.5) is 0 Å². The summed E-state index contributed by atoms with van der Waals surface area (Å²) in [7, 11) is 1.86. The van der Waals surface area contributed by atoms with Crippen molar-refractivity contribution in [3.05, 3.63) is 41.2 Å². The number of carbonyl (C=O) groups excluding carboxylic acids is 2. The van der Waals surface area contributed by atoms with Crippen molar-refractivity contribution in [2.75, 3.05) is 53.9 Å². The molecule has 1 spiro atoms. The Kier molecular flexibility index (Phi) is 16.9. The van der Waals surface area contributed by atoms with Crippen LogP contribution in [0.15, 0.2) is 29.2 Å². The van der Waals surface area contributed by atoms with E-state index in [1.165, 1.54) is 4.31 Å². The third kappa shape index (κ3) is 9.44. The van der Waals surface area contributed by atoms with Crippen LogP contribution >= 0.6 is 37.2 Å². The molecule has 0 radical (unpaired) electrons. The van der Waals surface area contributed by atoms with E-state index in [0.29, 0.717) is 64.4 Å². The van der Waals surface area contributed by atoms with Gasteiger partial charge in [0.15, 0.2) is 0 Å². The number of aromatic nitrogens is 2. The zero-order chi connectivity index (χ0) is 33.1. The Labute approximate surface area is 306 Å². The molecule has 2 fully saturated rings. The second-order valence-electron chi connectivity index (χ2n) is 13.5. The molecule has 1 N–H and O–H groups in total. The van der Waals surface area contributed by atoms with E-state index in [0.717, 1.165) is 35.5 Å². The van der Waals surface area contributed by atoms with Gasteiger partial charge in [-0.1, -0.05) is 27.2 Å². The molecule has 15 heteroatoms. The monoisotopic (exact) mass is 751 g/mol. The molecule has 0 unspecified atom stereocenters. The number of rotatable bonds is 13. The number of carbonyl (C=O) groups is 2. The highest BCUT2D eigenvalue weighted by Crippen LogP contribution is 2.35. The third-order valence-corrected chi connectivity index (χ3v) is 11.3. The van der Waals surface area contributed by atoms with E-state index in [1.54, 1.807) is 31.3 Å². The first kappa shape index (κ1) is 44.1. The number of amides is 2. The number of aryl methyl sites for hydroxylation is 1. The van der Waals surface area contributed by atoms with Crippen LogP contribution in [0.1, 0.15) is 69.8 Å². The summed E-state index contributed by atoms with van der Waals surface area (Å²) in [4.78, 5) is 33.7. The van der Waals surface area contributed by atoms with Gasteiger partial charge in [0.05, 0.1) is 16.3 Å². The van der Waals surface area contributed by atoms with Gasteiger partial charge in [-0.05, 0) is 83.8 Å². The van der Waals surface area contributed by atoms with Crippen molar-refractivity contribution in [2.45, 2.75) is 89.7 Å². The molecule has 3 heterocycles. The Bertz CT molecular complexity index is 1460. The predicted molar refractivity (Wildman–Crippen MR) is 198 cm³/mol. The van der Waals surface area contributed by atoms with Crippen molar-refractivity contribution >= 4 is 59.1 Å². The number of piperidine rings is 1. The minimum Gasteiger partial charge on any atom is -0.342 e. The van der Waals surface area contributed by atoms with Gasteiger partial charge in [-0.3, -0.25) is 14.5 Å². The van der Waals surface area contributed by atoms with Gasteiger partial charge in [0, 0.05) is 57.6 Å². The average molecular weight is 753 g/mol. The number of sulfonamides is 1. The topological polar surface area (TPSA) is 111 Å². The molecule has 0 bridgehead atoms. The molecule has 11 nitrogen and oxygen atoms in total. The molecule has 1 aromatic heterocycles. The van der Waals surface area contributed by atoms with Gasteiger partial charge in [-0.2, -0.15) is 9.40 Å². The molecule has 274 valence electrons. The summed E-state index contributed by atoms with van der Waals surface area (Å²) in [6, 6.07) is 6.45. The van der Waals surface area contributed by atoms with Gasteiger partial charge < -0.3 is 15.1 Å². The van der Waals surface area contributed by atoms with Crippen molar-refractivity contribution in [3.8, 4) is 5.69 Å². The van der Waals surface area contributed by atoms with Gasteiger partial charge in [0.1, 0.15) is 11.6 Å². The largest absolute Gasteiger partial charge is 0.342 e. The smallest absolute Gasteiger partial charge is 0.246 e. The number of nitrogens with one attached hydrogen (secondary N) is 1. The fourth-order valence-electron chi connectivity index (χ4n) is 6.50. The lowest BCUT2D eigenvalue weighted by atomic mass is 9.80. The normalized spacial score (nSPS) is 18.1. The van der Waals surface area contributed by atoms with Crippen LogP contribution in [-0.2, 0) is 26.2 Å². The van der Waals surface area contributed by atoms with Crippen LogP contribution in [0.25, 0.3) is 5.69 Å². The zero-order valence-electron chi connectivity index (χ0n) is 29.7. The first-order valence-corrected chi connectivity index (χ1v) is 17.8. The molecular weight excluding hydrogens is 697 g/mol. The summed E-state index contributed by atoms with van der Waals surface area (Å²) < 4.78 is 29.4. The molecule has 1 atom stereocenters. The minimum atomic E-state index is -3.59. The molecule has 2 aliphatic heterocycles.